The minimum Gasteiger partial charge on any atom is -0.383 e. The molecule has 1 aromatic carbocycles. The third-order valence-corrected chi connectivity index (χ3v) is 4.18. The highest BCUT2D eigenvalue weighted by molar-refractivity contribution is 7.89. The van der Waals surface area contributed by atoms with Crippen LogP contribution in [0.5, 0.6) is 0 Å². The van der Waals surface area contributed by atoms with Gasteiger partial charge in [-0.1, -0.05) is 32.9 Å². The number of carbonyl (C=O) groups is 1. The molecular formula is C14H21NO4S. The maximum absolute atomic E-state index is 12.1. The Morgan fingerprint density at radius 1 is 1.20 bits per heavy atom. The van der Waals surface area contributed by atoms with E-state index in [1.165, 1.54) is 19.2 Å². The fourth-order valence-corrected chi connectivity index (χ4v) is 2.59. The van der Waals surface area contributed by atoms with Crippen LogP contribution in [-0.2, 0) is 14.8 Å². The molecule has 0 atom stereocenters. The van der Waals surface area contributed by atoms with Gasteiger partial charge < -0.3 is 4.74 Å². The van der Waals surface area contributed by atoms with Crippen LogP contribution in [0.15, 0.2) is 29.2 Å². The first-order chi connectivity index (χ1) is 9.18. The second-order valence-corrected chi connectivity index (χ2v) is 7.26. The largest absolute Gasteiger partial charge is 0.383 e. The molecule has 6 heteroatoms. The lowest BCUT2D eigenvalue weighted by Gasteiger charge is -2.16. The zero-order chi connectivity index (χ0) is 15.4. The molecule has 0 aliphatic heterocycles. The van der Waals surface area contributed by atoms with E-state index in [2.05, 4.69) is 4.72 Å². The van der Waals surface area contributed by atoms with Crippen molar-refractivity contribution in [3.8, 4) is 0 Å². The van der Waals surface area contributed by atoms with Crippen LogP contribution >= 0.6 is 0 Å². The van der Waals surface area contributed by atoms with Crippen molar-refractivity contribution in [3.63, 3.8) is 0 Å². The first kappa shape index (κ1) is 16.8. The number of nitrogens with one attached hydrogen (secondary N) is 1. The quantitative estimate of drug-likeness (QED) is 0.642. The summed E-state index contributed by atoms with van der Waals surface area (Å²) in [5, 5.41) is 0. The normalized spacial score (nSPS) is 12.4. The summed E-state index contributed by atoms with van der Waals surface area (Å²) in [7, 11) is -2.05. The lowest BCUT2D eigenvalue weighted by Crippen LogP contribution is -2.27. The molecule has 0 amide bonds. The van der Waals surface area contributed by atoms with Crippen LogP contribution in [-0.4, -0.2) is 34.5 Å². The number of hydrogen-bond donors (Lipinski definition) is 1. The van der Waals surface area contributed by atoms with Crippen molar-refractivity contribution in [1.82, 2.24) is 4.72 Å². The van der Waals surface area contributed by atoms with Crippen LogP contribution in [0.3, 0.4) is 0 Å². The van der Waals surface area contributed by atoms with E-state index in [0.29, 0.717) is 12.2 Å². The SMILES string of the molecule is COCCNS(=O)(=O)c1ccc(C(=O)C(C)(C)C)cc1. The molecule has 1 N–H and O–H groups in total. The van der Waals surface area contributed by atoms with Gasteiger partial charge in [-0.15, -0.1) is 0 Å². The highest BCUT2D eigenvalue weighted by Crippen LogP contribution is 2.21. The number of rotatable bonds is 6. The van der Waals surface area contributed by atoms with E-state index in [0.717, 1.165) is 0 Å². The summed E-state index contributed by atoms with van der Waals surface area (Å²) in [5.41, 5.74) is 0.0187. The molecule has 0 fully saturated rings. The van der Waals surface area contributed by atoms with Crippen LogP contribution < -0.4 is 4.72 Å². The fraction of sp³-hybridized carbons (Fsp3) is 0.500. The Morgan fingerprint density at radius 3 is 2.20 bits per heavy atom. The molecule has 20 heavy (non-hydrogen) atoms. The predicted molar refractivity (Wildman–Crippen MR) is 77.3 cm³/mol. The number of ketones is 1. The van der Waals surface area contributed by atoms with E-state index in [4.69, 9.17) is 4.74 Å². The summed E-state index contributed by atoms with van der Waals surface area (Å²) in [4.78, 5) is 12.2. The summed E-state index contributed by atoms with van der Waals surface area (Å²) in [5.74, 6) is -0.0196. The molecule has 1 rings (SSSR count). The van der Waals surface area contributed by atoms with Gasteiger partial charge in [0.05, 0.1) is 11.5 Å². The number of hydrogen-bond acceptors (Lipinski definition) is 4. The Bertz CT molecular complexity index is 556. The van der Waals surface area contributed by atoms with Crippen molar-refractivity contribution >= 4 is 15.8 Å². The van der Waals surface area contributed by atoms with E-state index in [9.17, 15) is 13.2 Å². The number of carbonyl (C=O) groups excluding carboxylic acids is 1. The molecule has 0 heterocycles. The first-order valence-electron chi connectivity index (χ1n) is 6.32. The summed E-state index contributed by atoms with van der Waals surface area (Å²) >= 11 is 0. The van der Waals surface area contributed by atoms with Crippen molar-refractivity contribution in [1.29, 1.82) is 0 Å². The van der Waals surface area contributed by atoms with Crippen molar-refractivity contribution < 1.29 is 17.9 Å². The Balaban J connectivity index is 2.89. The minimum atomic E-state index is -3.55. The smallest absolute Gasteiger partial charge is 0.240 e. The predicted octanol–water partition coefficient (Wildman–Crippen LogP) is 1.84. The van der Waals surface area contributed by atoms with Crippen LogP contribution in [0.25, 0.3) is 0 Å². The van der Waals surface area contributed by atoms with E-state index < -0.39 is 15.4 Å². The molecule has 0 radical (unpaired) electrons. The van der Waals surface area contributed by atoms with Gasteiger partial charge in [-0.2, -0.15) is 0 Å². The molecule has 1 aromatic rings. The maximum atomic E-state index is 12.1. The van der Waals surface area contributed by atoms with Crippen molar-refractivity contribution in [2.24, 2.45) is 5.41 Å². The average Bonchev–Trinajstić information content (AvgIpc) is 2.37. The van der Waals surface area contributed by atoms with Gasteiger partial charge in [0.1, 0.15) is 0 Å². The van der Waals surface area contributed by atoms with Gasteiger partial charge in [0.15, 0.2) is 5.78 Å². The highest BCUT2D eigenvalue weighted by atomic mass is 32.2. The molecular weight excluding hydrogens is 278 g/mol. The molecule has 0 saturated carbocycles. The Kier molecular flexibility index (Phi) is 5.44. The van der Waals surface area contributed by atoms with Crippen LogP contribution in [0, 0.1) is 5.41 Å². The molecule has 0 aliphatic rings. The van der Waals surface area contributed by atoms with Crippen LogP contribution in [0.2, 0.25) is 0 Å². The number of ether oxygens (including phenoxy) is 1. The molecule has 0 aliphatic carbocycles. The summed E-state index contributed by atoms with van der Waals surface area (Å²) in [6, 6.07) is 5.96. The number of Topliss-reactive ketones (excluding diaryl/α,β-unsaturated/α-hetero) is 1. The zero-order valence-electron chi connectivity index (χ0n) is 12.3. The Hall–Kier alpha value is -1.24. The fourth-order valence-electron chi connectivity index (χ4n) is 1.58. The Morgan fingerprint density at radius 2 is 1.75 bits per heavy atom. The van der Waals surface area contributed by atoms with Gasteiger partial charge in [-0.25, -0.2) is 13.1 Å². The number of benzene rings is 1. The second-order valence-electron chi connectivity index (χ2n) is 5.49. The van der Waals surface area contributed by atoms with E-state index in [1.807, 2.05) is 20.8 Å². The molecule has 0 aromatic heterocycles. The standard InChI is InChI=1S/C14H21NO4S/c1-14(2,3)13(16)11-5-7-12(8-6-11)20(17,18)15-9-10-19-4/h5-8,15H,9-10H2,1-4H3. The van der Waals surface area contributed by atoms with E-state index >= 15 is 0 Å². The van der Waals surface area contributed by atoms with Crippen molar-refractivity contribution in [2.75, 3.05) is 20.3 Å². The zero-order valence-corrected chi connectivity index (χ0v) is 13.1. The molecule has 0 bridgehead atoms. The molecule has 112 valence electrons. The molecule has 0 unspecified atom stereocenters. The topological polar surface area (TPSA) is 72.5 Å². The summed E-state index contributed by atoms with van der Waals surface area (Å²) in [6.45, 7) is 5.99. The third kappa shape index (κ3) is 4.40. The van der Waals surface area contributed by atoms with Gasteiger partial charge in [0.25, 0.3) is 0 Å². The highest BCUT2D eigenvalue weighted by Gasteiger charge is 2.23. The van der Waals surface area contributed by atoms with Crippen molar-refractivity contribution in [2.45, 2.75) is 25.7 Å². The monoisotopic (exact) mass is 299 g/mol. The number of methoxy groups -OCH3 is 1. The first-order valence-corrected chi connectivity index (χ1v) is 7.80. The van der Waals surface area contributed by atoms with E-state index in [-0.39, 0.29) is 17.2 Å². The third-order valence-electron chi connectivity index (χ3n) is 2.71. The molecule has 0 saturated heterocycles. The number of sulfonamides is 1. The molecule has 5 nitrogen and oxygen atoms in total. The minimum absolute atomic E-state index is 0.0196. The molecule has 0 spiro atoms. The van der Waals surface area contributed by atoms with Crippen LogP contribution in [0.4, 0.5) is 0 Å². The average molecular weight is 299 g/mol. The maximum Gasteiger partial charge on any atom is 0.240 e. The lowest BCUT2D eigenvalue weighted by molar-refractivity contribution is 0.0858. The lowest BCUT2D eigenvalue weighted by atomic mass is 9.87. The van der Waals surface area contributed by atoms with Gasteiger partial charge >= 0.3 is 0 Å². The van der Waals surface area contributed by atoms with Gasteiger partial charge in [0.2, 0.25) is 10.0 Å². The van der Waals surface area contributed by atoms with E-state index in [1.54, 1.807) is 12.1 Å². The summed E-state index contributed by atoms with van der Waals surface area (Å²) in [6.07, 6.45) is 0. The van der Waals surface area contributed by atoms with Gasteiger partial charge in [-0.05, 0) is 12.1 Å². The van der Waals surface area contributed by atoms with Crippen molar-refractivity contribution in [3.05, 3.63) is 29.8 Å². The van der Waals surface area contributed by atoms with Gasteiger partial charge in [0, 0.05) is 24.6 Å². The summed E-state index contributed by atoms with van der Waals surface area (Å²) < 4.78 is 31.1. The van der Waals surface area contributed by atoms with Crippen LogP contribution in [0.1, 0.15) is 31.1 Å². The second kappa shape index (κ2) is 6.47. The Labute approximate surface area is 120 Å². The van der Waals surface area contributed by atoms with Gasteiger partial charge in [-0.3, -0.25) is 4.79 Å².